The van der Waals surface area contributed by atoms with Gasteiger partial charge in [-0.05, 0) is 30.3 Å². The summed E-state index contributed by atoms with van der Waals surface area (Å²) in [4.78, 5) is 8.80. The summed E-state index contributed by atoms with van der Waals surface area (Å²) in [7, 11) is 1.99. The number of nitrogens with two attached hydrogens (primary N) is 1. The fraction of sp³-hybridized carbons (Fsp3) is 0.333. The van der Waals surface area contributed by atoms with Crippen LogP contribution >= 0.6 is 0 Å². The molecule has 3 aromatic rings. The lowest BCUT2D eigenvalue weighted by Crippen LogP contribution is -2.46. The minimum atomic E-state index is -4.44. The monoisotopic (exact) mass is 416 g/mol. The molecule has 158 valence electrons. The second-order valence-corrected chi connectivity index (χ2v) is 7.48. The number of nitrogens with one attached hydrogen (secondary N) is 1. The maximum atomic E-state index is 13.2. The fourth-order valence-electron chi connectivity index (χ4n) is 3.88. The number of alkyl halides is 3. The summed E-state index contributed by atoms with van der Waals surface area (Å²) in [5.41, 5.74) is 7.59. The van der Waals surface area contributed by atoms with Crippen LogP contribution in [0.2, 0.25) is 0 Å². The van der Waals surface area contributed by atoms with Crippen LogP contribution < -0.4 is 10.6 Å². The highest BCUT2D eigenvalue weighted by Crippen LogP contribution is 2.34. The van der Waals surface area contributed by atoms with Crippen molar-refractivity contribution in [1.82, 2.24) is 14.5 Å². The van der Waals surface area contributed by atoms with Gasteiger partial charge in [-0.3, -0.25) is 10.3 Å². The first-order valence-corrected chi connectivity index (χ1v) is 9.67. The number of aromatic nitrogens is 2. The molecule has 6 nitrogen and oxygen atoms in total. The summed E-state index contributed by atoms with van der Waals surface area (Å²) < 4.78 is 41.6. The lowest BCUT2D eigenvalue weighted by molar-refractivity contribution is -0.137. The van der Waals surface area contributed by atoms with Crippen molar-refractivity contribution in [3.05, 3.63) is 59.4 Å². The molecule has 0 bridgehead atoms. The van der Waals surface area contributed by atoms with Crippen LogP contribution in [-0.4, -0.2) is 46.5 Å². The summed E-state index contributed by atoms with van der Waals surface area (Å²) in [5.74, 6) is 0.717. The van der Waals surface area contributed by atoms with E-state index >= 15 is 0 Å². The Morgan fingerprint density at radius 1 is 1.10 bits per heavy atom. The van der Waals surface area contributed by atoms with Crippen molar-refractivity contribution in [3.63, 3.8) is 0 Å². The van der Waals surface area contributed by atoms with E-state index in [1.54, 1.807) is 0 Å². The Bertz CT molecular complexity index is 1080. The van der Waals surface area contributed by atoms with E-state index in [1.807, 2.05) is 36.2 Å². The van der Waals surface area contributed by atoms with Crippen molar-refractivity contribution in [2.75, 3.05) is 31.1 Å². The second-order valence-electron chi connectivity index (χ2n) is 7.48. The molecule has 0 aliphatic carbocycles. The summed E-state index contributed by atoms with van der Waals surface area (Å²) in [6.07, 6.45) is -4.44. The highest BCUT2D eigenvalue weighted by atomic mass is 19.4. The number of rotatable bonds is 4. The summed E-state index contributed by atoms with van der Waals surface area (Å²) in [5, 5.41) is 7.73. The first-order valence-electron chi connectivity index (χ1n) is 9.67. The molecule has 0 spiro atoms. The molecular weight excluding hydrogens is 393 g/mol. The number of fused-ring (bicyclic) bond motifs is 1. The Labute approximate surface area is 172 Å². The smallest absolute Gasteiger partial charge is 0.384 e. The highest BCUT2D eigenvalue weighted by Gasteiger charge is 2.32. The Morgan fingerprint density at radius 3 is 2.43 bits per heavy atom. The lowest BCUT2D eigenvalue weighted by atomic mass is 10.1. The van der Waals surface area contributed by atoms with Gasteiger partial charge in [-0.1, -0.05) is 12.1 Å². The maximum Gasteiger partial charge on any atom is 0.416 e. The van der Waals surface area contributed by atoms with Gasteiger partial charge in [0.15, 0.2) is 0 Å². The van der Waals surface area contributed by atoms with E-state index in [0.29, 0.717) is 44.0 Å². The maximum absolute atomic E-state index is 13.2. The molecule has 2 aromatic carbocycles. The molecule has 1 aliphatic rings. The number of nitrogens with zero attached hydrogens (tertiary/aromatic N) is 4. The predicted molar refractivity (Wildman–Crippen MR) is 111 cm³/mol. The van der Waals surface area contributed by atoms with E-state index < -0.39 is 11.7 Å². The summed E-state index contributed by atoms with van der Waals surface area (Å²) in [6, 6.07) is 11.3. The molecule has 3 N–H and O–H groups in total. The van der Waals surface area contributed by atoms with Crippen molar-refractivity contribution >= 4 is 22.6 Å². The molecular formula is C21H23F3N6. The number of imidazole rings is 1. The van der Waals surface area contributed by atoms with E-state index in [0.717, 1.165) is 29.0 Å². The Balaban J connectivity index is 1.50. The molecule has 2 heterocycles. The van der Waals surface area contributed by atoms with Gasteiger partial charge in [0.2, 0.25) is 0 Å². The van der Waals surface area contributed by atoms with Gasteiger partial charge in [-0.15, -0.1) is 0 Å². The molecule has 0 radical (unpaired) electrons. The summed E-state index contributed by atoms with van der Waals surface area (Å²) in [6.45, 7) is 3.12. The van der Waals surface area contributed by atoms with Gasteiger partial charge in [0.1, 0.15) is 11.7 Å². The van der Waals surface area contributed by atoms with Gasteiger partial charge in [0, 0.05) is 44.5 Å². The Hall–Kier alpha value is -3.07. The number of halogens is 3. The third-order valence-corrected chi connectivity index (χ3v) is 5.57. The summed E-state index contributed by atoms with van der Waals surface area (Å²) >= 11 is 0. The third-order valence-electron chi connectivity index (χ3n) is 5.57. The molecule has 0 saturated carbocycles. The average molecular weight is 416 g/mol. The van der Waals surface area contributed by atoms with Crippen molar-refractivity contribution < 1.29 is 13.2 Å². The van der Waals surface area contributed by atoms with Gasteiger partial charge < -0.3 is 15.2 Å². The van der Waals surface area contributed by atoms with Gasteiger partial charge >= 0.3 is 6.18 Å². The molecule has 1 aromatic heterocycles. The zero-order chi connectivity index (χ0) is 21.5. The minimum absolute atomic E-state index is 0.235. The average Bonchev–Trinajstić information content (AvgIpc) is 3.03. The van der Waals surface area contributed by atoms with Crippen LogP contribution in [-0.2, 0) is 19.8 Å². The van der Waals surface area contributed by atoms with E-state index in [-0.39, 0.29) is 5.84 Å². The Morgan fingerprint density at radius 2 is 1.80 bits per heavy atom. The van der Waals surface area contributed by atoms with E-state index in [1.165, 1.54) is 6.07 Å². The number of amidine groups is 1. The van der Waals surface area contributed by atoms with Crippen LogP contribution in [0, 0.1) is 5.41 Å². The molecule has 30 heavy (non-hydrogen) atoms. The fourth-order valence-corrected chi connectivity index (χ4v) is 3.88. The molecule has 1 fully saturated rings. The predicted octanol–water partition coefficient (Wildman–Crippen LogP) is 3.20. The van der Waals surface area contributed by atoms with Crippen LogP contribution in [0.25, 0.3) is 11.0 Å². The number of nitrogen functional groups attached to an aromatic ring is 1. The van der Waals surface area contributed by atoms with Crippen LogP contribution in [0.5, 0.6) is 0 Å². The number of piperazine rings is 1. The normalized spacial score (nSPS) is 15.7. The van der Waals surface area contributed by atoms with Crippen molar-refractivity contribution in [2.24, 2.45) is 12.8 Å². The molecule has 4 rings (SSSR count). The standard InChI is InChI=1S/C21H23F3N6/c1-28-17-5-3-2-4-16(17)27-19(28)13-29-8-10-30(11-9-29)18-12-14(21(22,23)24)6-7-15(18)20(25)26/h2-7,12H,8-11,13H2,1H3,(H3,25,26). The number of hydrogen-bond acceptors (Lipinski definition) is 4. The largest absolute Gasteiger partial charge is 0.416 e. The van der Waals surface area contributed by atoms with Crippen LogP contribution in [0.1, 0.15) is 17.0 Å². The van der Waals surface area contributed by atoms with E-state index in [9.17, 15) is 13.2 Å². The number of benzene rings is 2. The number of aryl methyl sites for hydroxylation is 1. The lowest BCUT2D eigenvalue weighted by Gasteiger charge is -2.37. The topological polar surface area (TPSA) is 74.2 Å². The Kier molecular flexibility index (Phi) is 5.15. The van der Waals surface area contributed by atoms with Crippen molar-refractivity contribution in [3.8, 4) is 0 Å². The van der Waals surface area contributed by atoms with E-state index in [2.05, 4.69) is 9.47 Å². The molecule has 0 amide bonds. The van der Waals surface area contributed by atoms with Crippen LogP contribution in [0.3, 0.4) is 0 Å². The van der Waals surface area contributed by atoms with Gasteiger partial charge in [-0.2, -0.15) is 13.2 Å². The molecule has 0 unspecified atom stereocenters. The number of anilines is 1. The highest BCUT2D eigenvalue weighted by molar-refractivity contribution is 6.00. The number of para-hydroxylation sites is 2. The quantitative estimate of drug-likeness (QED) is 0.506. The van der Waals surface area contributed by atoms with Crippen molar-refractivity contribution in [1.29, 1.82) is 5.41 Å². The van der Waals surface area contributed by atoms with E-state index in [4.69, 9.17) is 16.1 Å². The minimum Gasteiger partial charge on any atom is -0.384 e. The van der Waals surface area contributed by atoms with Crippen LogP contribution in [0.15, 0.2) is 42.5 Å². The first-order chi connectivity index (χ1) is 14.2. The SMILES string of the molecule is Cn1c(CN2CCN(c3cc(C(F)(F)F)ccc3C(=N)N)CC2)nc2ccccc21. The third kappa shape index (κ3) is 3.85. The van der Waals surface area contributed by atoms with Gasteiger partial charge in [0.05, 0.1) is 23.1 Å². The van der Waals surface area contributed by atoms with Gasteiger partial charge in [-0.25, -0.2) is 4.98 Å². The molecule has 0 atom stereocenters. The first kappa shape index (κ1) is 20.2. The molecule has 9 heteroatoms. The van der Waals surface area contributed by atoms with Crippen molar-refractivity contribution in [2.45, 2.75) is 12.7 Å². The van der Waals surface area contributed by atoms with Gasteiger partial charge in [0.25, 0.3) is 0 Å². The van der Waals surface area contributed by atoms with Crippen LogP contribution in [0.4, 0.5) is 18.9 Å². The number of hydrogen-bond donors (Lipinski definition) is 2. The second kappa shape index (κ2) is 7.64. The zero-order valence-electron chi connectivity index (χ0n) is 16.6. The molecule has 1 aliphatic heterocycles. The molecule has 1 saturated heterocycles. The zero-order valence-corrected chi connectivity index (χ0v) is 16.6.